The zero-order valence-corrected chi connectivity index (χ0v) is 26.7. The Labute approximate surface area is 247 Å². The molecule has 0 N–H and O–H groups in total. The lowest BCUT2D eigenvalue weighted by Crippen LogP contribution is -2.57. The zero-order chi connectivity index (χ0) is 30.9. The third-order valence-corrected chi connectivity index (χ3v) is 6.07. The third-order valence-electron chi connectivity index (χ3n) is 6.07. The first kappa shape index (κ1) is 30.2. The Hall–Kier alpha value is -4.77. The molecule has 0 amide bonds. The topological polar surface area (TPSA) is 145 Å². The SMILES string of the molecule is CN(C)c1nc(N(C)C)nc(N2CN(c3nc(N(C)C)nc(N(C)C)n3)CN(c3nc(N(C)C)nc(N(C)C)n3)C2)n1. The molecule has 0 saturated carbocycles. The number of hydrogen-bond acceptors (Lipinski definition) is 18. The number of hydrogen-bond donors (Lipinski definition) is 0. The highest BCUT2D eigenvalue weighted by Crippen LogP contribution is 2.26. The summed E-state index contributed by atoms with van der Waals surface area (Å²) in [5.41, 5.74) is 0. The van der Waals surface area contributed by atoms with Crippen LogP contribution in [0.4, 0.5) is 53.5 Å². The van der Waals surface area contributed by atoms with E-state index < -0.39 is 0 Å². The fourth-order valence-electron chi connectivity index (χ4n) is 3.79. The molecule has 1 saturated heterocycles. The van der Waals surface area contributed by atoms with Gasteiger partial charge in [-0.1, -0.05) is 0 Å². The Kier molecular flexibility index (Phi) is 8.62. The summed E-state index contributed by atoms with van der Waals surface area (Å²) in [4.78, 5) is 59.7. The minimum Gasteiger partial charge on any atom is -0.347 e. The molecule has 0 aromatic carbocycles. The lowest BCUT2D eigenvalue weighted by molar-refractivity contribution is 0.576. The fourth-order valence-corrected chi connectivity index (χ4v) is 3.79. The van der Waals surface area contributed by atoms with Crippen molar-refractivity contribution in [2.75, 3.05) is 149 Å². The molecule has 0 spiro atoms. The molecule has 4 rings (SSSR count). The second-order valence-electron chi connectivity index (χ2n) is 11.1. The van der Waals surface area contributed by atoms with Gasteiger partial charge in [0.05, 0.1) is 20.0 Å². The fraction of sp³-hybridized carbons (Fsp3) is 0.625. The highest BCUT2D eigenvalue weighted by atomic mass is 15.6. The van der Waals surface area contributed by atoms with Gasteiger partial charge in [-0.3, -0.25) is 0 Å². The van der Waals surface area contributed by atoms with Crippen molar-refractivity contribution in [2.24, 2.45) is 0 Å². The summed E-state index contributed by atoms with van der Waals surface area (Å²) >= 11 is 0. The molecule has 0 radical (unpaired) electrons. The van der Waals surface area contributed by atoms with Crippen LogP contribution in [-0.4, -0.2) is 149 Å². The Bertz CT molecular complexity index is 1120. The lowest BCUT2D eigenvalue weighted by atomic mass is 10.5. The predicted molar refractivity (Wildman–Crippen MR) is 167 cm³/mol. The van der Waals surface area contributed by atoms with Crippen LogP contribution in [0.3, 0.4) is 0 Å². The first-order chi connectivity index (χ1) is 19.7. The van der Waals surface area contributed by atoms with Crippen LogP contribution >= 0.6 is 0 Å². The summed E-state index contributed by atoms with van der Waals surface area (Å²) in [6, 6.07) is 0. The number of anilines is 9. The van der Waals surface area contributed by atoms with Gasteiger partial charge in [0.15, 0.2) is 0 Å². The van der Waals surface area contributed by atoms with E-state index in [0.29, 0.717) is 73.5 Å². The van der Waals surface area contributed by atoms with Gasteiger partial charge in [0.1, 0.15) is 0 Å². The number of rotatable bonds is 9. The van der Waals surface area contributed by atoms with Crippen LogP contribution in [0.15, 0.2) is 0 Å². The first-order valence-electron chi connectivity index (χ1n) is 13.3. The molecule has 42 heavy (non-hydrogen) atoms. The van der Waals surface area contributed by atoms with E-state index in [1.807, 2.05) is 129 Å². The Morgan fingerprint density at radius 2 is 0.476 bits per heavy atom. The minimum absolute atomic E-state index is 0.399. The highest BCUT2D eigenvalue weighted by molar-refractivity contribution is 5.54. The van der Waals surface area contributed by atoms with Crippen LogP contribution in [0.5, 0.6) is 0 Å². The molecular weight excluding hydrogens is 540 g/mol. The largest absolute Gasteiger partial charge is 0.347 e. The molecule has 18 heteroatoms. The van der Waals surface area contributed by atoms with Gasteiger partial charge in [0.2, 0.25) is 53.5 Å². The van der Waals surface area contributed by atoms with Gasteiger partial charge in [0.25, 0.3) is 0 Å². The molecule has 1 fully saturated rings. The summed E-state index contributed by atoms with van der Waals surface area (Å²) in [5, 5.41) is 0. The van der Waals surface area contributed by atoms with E-state index in [-0.39, 0.29) is 0 Å². The van der Waals surface area contributed by atoms with Crippen molar-refractivity contribution >= 4 is 53.5 Å². The van der Waals surface area contributed by atoms with E-state index in [9.17, 15) is 0 Å². The molecule has 0 bridgehead atoms. The highest BCUT2D eigenvalue weighted by Gasteiger charge is 2.31. The molecule has 1 aliphatic rings. The van der Waals surface area contributed by atoms with E-state index in [0.717, 1.165) is 0 Å². The van der Waals surface area contributed by atoms with Crippen molar-refractivity contribution in [3.05, 3.63) is 0 Å². The van der Waals surface area contributed by atoms with Gasteiger partial charge in [-0.15, -0.1) is 0 Å². The second-order valence-corrected chi connectivity index (χ2v) is 11.1. The van der Waals surface area contributed by atoms with E-state index in [2.05, 4.69) is 15.0 Å². The first-order valence-corrected chi connectivity index (χ1v) is 13.3. The summed E-state index contributed by atoms with van der Waals surface area (Å²) in [6.07, 6.45) is 0. The van der Waals surface area contributed by atoms with Crippen LogP contribution in [-0.2, 0) is 0 Å². The average molecular weight is 583 g/mol. The van der Waals surface area contributed by atoms with Gasteiger partial charge in [-0.2, -0.15) is 44.9 Å². The van der Waals surface area contributed by atoms with Gasteiger partial charge >= 0.3 is 0 Å². The average Bonchev–Trinajstić information content (AvgIpc) is 2.95. The molecule has 3 aromatic heterocycles. The molecule has 228 valence electrons. The smallest absolute Gasteiger partial charge is 0.234 e. The molecule has 0 aliphatic carbocycles. The van der Waals surface area contributed by atoms with E-state index in [4.69, 9.17) is 29.9 Å². The van der Waals surface area contributed by atoms with Gasteiger partial charge < -0.3 is 44.1 Å². The number of aromatic nitrogens is 9. The Morgan fingerprint density at radius 3 is 0.619 bits per heavy atom. The standard InChI is InChI=1S/C24H42N18/c1-34(2)16-25-17(35(3)4)29-22(28-16)40-13-41(23-30-18(36(5)6)26-19(31-23)37(7)8)15-42(14-40)24-32-20(38(9)10)27-21(33-24)39(11)12/h13-15H2,1-12H3. The molecular formula is C24H42N18. The maximum absolute atomic E-state index is 4.79. The van der Waals surface area contributed by atoms with Crippen LogP contribution < -0.4 is 44.1 Å². The van der Waals surface area contributed by atoms with Crippen molar-refractivity contribution in [2.45, 2.75) is 0 Å². The van der Waals surface area contributed by atoms with Crippen LogP contribution in [0.1, 0.15) is 0 Å². The maximum atomic E-state index is 4.79. The maximum Gasteiger partial charge on any atom is 0.234 e. The van der Waals surface area contributed by atoms with Gasteiger partial charge in [-0.05, 0) is 0 Å². The van der Waals surface area contributed by atoms with Crippen molar-refractivity contribution in [3.8, 4) is 0 Å². The molecule has 0 atom stereocenters. The van der Waals surface area contributed by atoms with E-state index in [1.54, 1.807) is 0 Å². The number of nitrogens with zero attached hydrogens (tertiary/aromatic N) is 18. The summed E-state index contributed by atoms with van der Waals surface area (Å²) in [5.74, 6) is 4.75. The van der Waals surface area contributed by atoms with E-state index >= 15 is 0 Å². The summed E-state index contributed by atoms with van der Waals surface area (Å²) < 4.78 is 0. The minimum atomic E-state index is 0.399. The second kappa shape index (κ2) is 12.0. The Balaban J connectivity index is 1.87. The normalized spacial score (nSPS) is 13.3. The van der Waals surface area contributed by atoms with E-state index in [1.165, 1.54) is 0 Å². The van der Waals surface area contributed by atoms with Crippen LogP contribution in [0, 0.1) is 0 Å². The van der Waals surface area contributed by atoms with Crippen LogP contribution in [0.25, 0.3) is 0 Å². The lowest BCUT2D eigenvalue weighted by Gasteiger charge is -2.42. The molecule has 0 unspecified atom stereocenters. The van der Waals surface area contributed by atoms with Crippen LogP contribution in [0.2, 0.25) is 0 Å². The molecule has 18 nitrogen and oxygen atoms in total. The monoisotopic (exact) mass is 582 g/mol. The van der Waals surface area contributed by atoms with Crippen molar-refractivity contribution in [3.63, 3.8) is 0 Å². The van der Waals surface area contributed by atoms with Crippen molar-refractivity contribution in [1.29, 1.82) is 0 Å². The third kappa shape index (κ3) is 6.58. The summed E-state index contributed by atoms with van der Waals surface area (Å²) in [7, 11) is 22.8. The zero-order valence-electron chi connectivity index (χ0n) is 26.7. The van der Waals surface area contributed by atoms with Gasteiger partial charge in [-0.25, -0.2) is 0 Å². The summed E-state index contributed by atoms with van der Waals surface area (Å²) in [6.45, 7) is 1.20. The quantitative estimate of drug-likeness (QED) is 0.314. The molecule has 1 aliphatic heterocycles. The van der Waals surface area contributed by atoms with Crippen molar-refractivity contribution in [1.82, 2.24) is 44.9 Å². The van der Waals surface area contributed by atoms with Crippen molar-refractivity contribution < 1.29 is 0 Å². The molecule has 4 heterocycles. The molecule has 3 aromatic rings. The Morgan fingerprint density at radius 1 is 0.310 bits per heavy atom. The van der Waals surface area contributed by atoms with Gasteiger partial charge in [0, 0.05) is 84.6 Å². The predicted octanol–water partition coefficient (Wildman–Crippen LogP) is -0.657.